The minimum Gasteiger partial charge on any atom is -0.480 e. The number of aliphatic carboxylic acids is 1. The van der Waals surface area contributed by atoms with E-state index in [9.17, 15) is 14.7 Å². The number of likely N-dealkylation sites (tertiary alicyclic amines) is 1. The Bertz CT molecular complexity index is 333. The Morgan fingerprint density at radius 1 is 1.40 bits per heavy atom. The molecule has 1 rings (SSSR count). The highest BCUT2D eigenvalue weighted by atomic mass is 16.4. The molecular weight excluding hydrogens is 256 g/mol. The zero-order valence-electron chi connectivity index (χ0n) is 12.9. The molecule has 0 saturated carbocycles. The largest absolute Gasteiger partial charge is 0.480 e. The Balaban J connectivity index is 2.52. The van der Waals surface area contributed by atoms with Gasteiger partial charge in [-0.1, -0.05) is 26.7 Å². The van der Waals surface area contributed by atoms with E-state index in [1.54, 1.807) is 0 Å². The number of carboxylic acid groups (broad SMARTS) is 1. The first-order chi connectivity index (χ1) is 9.47. The molecule has 5 heteroatoms. The summed E-state index contributed by atoms with van der Waals surface area (Å²) in [5, 5.41) is 12.3. The van der Waals surface area contributed by atoms with Gasteiger partial charge in [-0.25, -0.2) is 0 Å². The smallest absolute Gasteiger partial charge is 0.320 e. The number of nitrogens with one attached hydrogen (secondary N) is 1. The number of hydrogen-bond acceptors (Lipinski definition) is 3. The van der Waals surface area contributed by atoms with Crippen LogP contribution in [0.4, 0.5) is 0 Å². The van der Waals surface area contributed by atoms with Crippen molar-refractivity contribution < 1.29 is 14.7 Å². The zero-order chi connectivity index (χ0) is 15.1. The molecule has 1 aliphatic rings. The normalized spacial score (nSPS) is 25.1. The van der Waals surface area contributed by atoms with Crippen molar-refractivity contribution in [2.75, 3.05) is 13.1 Å². The van der Waals surface area contributed by atoms with Gasteiger partial charge in [-0.05, 0) is 38.6 Å². The molecule has 0 aliphatic carbocycles. The summed E-state index contributed by atoms with van der Waals surface area (Å²) in [5.74, 6) is -0.404. The van der Waals surface area contributed by atoms with Gasteiger partial charge in [-0.15, -0.1) is 0 Å². The molecule has 3 unspecified atom stereocenters. The van der Waals surface area contributed by atoms with Crippen molar-refractivity contribution in [2.24, 2.45) is 5.92 Å². The maximum Gasteiger partial charge on any atom is 0.320 e. The van der Waals surface area contributed by atoms with Crippen LogP contribution in [-0.4, -0.2) is 47.1 Å². The lowest BCUT2D eigenvalue weighted by atomic mass is 9.89. The second-order valence-corrected chi connectivity index (χ2v) is 5.88. The fraction of sp³-hybridized carbons (Fsp3) is 0.867. The monoisotopic (exact) mass is 284 g/mol. The molecule has 20 heavy (non-hydrogen) atoms. The quantitative estimate of drug-likeness (QED) is 0.749. The molecule has 1 heterocycles. The zero-order valence-corrected chi connectivity index (χ0v) is 12.9. The molecule has 116 valence electrons. The fourth-order valence-electron chi connectivity index (χ4n) is 2.91. The van der Waals surface area contributed by atoms with Gasteiger partial charge in [-0.2, -0.15) is 0 Å². The number of nitrogens with zero attached hydrogens (tertiary/aromatic N) is 1. The van der Waals surface area contributed by atoms with Gasteiger partial charge < -0.3 is 10.4 Å². The van der Waals surface area contributed by atoms with E-state index in [0.29, 0.717) is 18.9 Å². The summed E-state index contributed by atoms with van der Waals surface area (Å²) < 4.78 is 0. The third kappa shape index (κ3) is 5.12. The number of carboxylic acids is 1. The van der Waals surface area contributed by atoms with Crippen molar-refractivity contribution in [3.8, 4) is 0 Å². The van der Waals surface area contributed by atoms with E-state index in [0.717, 1.165) is 25.7 Å². The van der Waals surface area contributed by atoms with E-state index in [1.807, 2.05) is 11.8 Å². The standard InChI is InChI=1S/C15H28N2O3/c1-4-6-11(3)16-14(18)10-17-8-7-12(5-2)9-13(17)15(19)20/h11-13H,4-10H2,1-3H3,(H,16,18)(H,19,20). The van der Waals surface area contributed by atoms with Crippen molar-refractivity contribution in [1.82, 2.24) is 10.2 Å². The number of amides is 1. The Morgan fingerprint density at radius 3 is 2.65 bits per heavy atom. The number of rotatable bonds is 7. The molecule has 0 aromatic heterocycles. The summed E-state index contributed by atoms with van der Waals surface area (Å²) >= 11 is 0. The third-order valence-electron chi connectivity index (χ3n) is 4.16. The molecular formula is C15H28N2O3. The van der Waals surface area contributed by atoms with Crippen LogP contribution in [-0.2, 0) is 9.59 Å². The summed E-state index contributed by atoms with van der Waals surface area (Å²) in [7, 11) is 0. The predicted octanol–water partition coefficient (Wildman–Crippen LogP) is 1.87. The van der Waals surface area contributed by atoms with Crippen LogP contribution in [0.3, 0.4) is 0 Å². The van der Waals surface area contributed by atoms with E-state index >= 15 is 0 Å². The molecule has 1 amide bonds. The van der Waals surface area contributed by atoms with E-state index in [4.69, 9.17) is 0 Å². The van der Waals surface area contributed by atoms with Gasteiger partial charge in [0.25, 0.3) is 0 Å². The lowest BCUT2D eigenvalue weighted by molar-refractivity contribution is -0.146. The minimum absolute atomic E-state index is 0.0628. The first-order valence-corrected chi connectivity index (χ1v) is 7.74. The van der Waals surface area contributed by atoms with Crippen molar-refractivity contribution in [3.05, 3.63) is 0 Å². The molecule has 0 spiro atoms. The summed E-state index contributed by atoms with van der Waals surface area (Å²) in [4.78, 5) is 25.1. The van der Waals surface area contributed by atoms with Gasteiger partial charge in [0.15, 0.2) is 0 Å². The lowest BCUT2D eigenvalue weighted by Gasteiger charge is -2.36. The van der Waals surface area contributed by atoms with Gasteiger partial charge >= 0.3 is 5.97 Å². The van der Waals surface area contributed by atoms with Gasteiger partial charge in [0, 0.05) is 6.04 Å². The number of carbonyl (C=O) groups is 2. The number of hydrogen-bond donors (Lipinski definition) is 2. The molecule has 0 bridgehead atoms. The predicted molar refractivity (Wildman–Crippen MR) is 78.5 cm³/mol. The van der Waals surface area contributed by atoms with Crippen molar-refractivity contribution in [2.45, 2.75) is 65.0 Å². The van der Waals surface area contributed by atoms with E-state index in [1.165, 1.54) is 0 Å². The van der Waals surface area contributed by atoms with Crippen molar-refractivity contribution in [1.29, 1.82) is 0 Å². The van der Waals surface area contributed by atoms with Crippen LogP contribution in [0.5, 0.6) is 0 Å². The van der Waals surface area contributed by atoms with Crippen LogP contribution >= 0.6 is 0 Å². The highest BCUT2D eigenvalue weighted by molar-refractivity contribution is 5.80. The molecule has 1 aliphatic heterocycles. The van der Waals surface area contributed by atoms with Crippen molar-refractivity contribution >= 4 is 11.9 Å². The molecule has 5 nitrogen and oxygen atoms in total. The van der Waals surface area contributed by atoms with E-state index in [2.05, 4.69) is 19.2 Å². The summed E-state index contributed by atoms with van der Waals surface area (Å²) in [6.45, 7) is 7.06. The molecule has 1 saturated heterocycles. The average molecular weight is 284 g/mol. The summed E-state index contributed by atoms with van der Waals surface area (Å²) in [5.41, 5.74) is 0. The Morgan fingerprint density at radius 2 is 2.10 bits per heavy atom. The second kappa shape index (κ2) is 8.25. The summed E-state index contributed by atoms with van der Waals surface area (Å²) in [6, 6.07) is -0.357. The minimum atomic E-state index is -0.808. The number of piperidine rings is 1. The second-order valence-electron chi connectivity index (χ2n) is 5.88. The Labute approximate surface area is 121 Å². The SMILES string of the molecule is CCCC(C)NC(=O)CN1CCC(CC)CC1C(=O)O. The van der Waals surface area contributed by atoms with Crippen LogP contribution < -0.4 is 5.32 Å². The van der Waals surface area contributed by atoms with Gasteiger partial charge in [0.1, 0.15) is 6.04 Å². The highest BCUT2D eigenvalue weighted by Crippen LogP contribution is 2.25. The maximum atomic E-state index is 12.0. The molecule has 0 aromatic rings. The van der Waals surface area contributed by atoms with Gasteiger partial charge in [0.2, 0.25) is 5.91 Å². The molecule has 3 atom stereocenters. The van der Waals surface area contributed by atoms with E-state index in [-0.39, 0.29) is 18.5 Å². The summed E-state index contributed by atoms with van der Waals surface area (Å²) in [6.07, 6.45) is 4.63. The van der Waals surface area contributed by atoms with Crippen LogP contribution in [0.15, 0.2) is 0 Å². The first kappa shape index (κ1) is 17.0. The maximum absolute atomic E-state index is 12.0. The lowest BCUT2D eigenvalue weighted by Crippen LogP contribution is -2.51. The van der Waals surface area contributed by atoms with Crippen LogP contribution in [0, 0.1) is 5.92 Å². The number of carbonyl (C=O) groups excluding carboxylic acids is 1. The average Bonchev–Trinajstić information content (AvgIpc) is 2.38. The molecule has 1 fully saturated rings. The topological polar surface area (TPSA) is 69.6 Å². The van der Waals surface area contributed by atoms with E-state index < -0.39 is 12.0 Å². The molecule has 2 N–H and O–H groups in total. The van der Waals surface area contributed by atoms with Gasteiger partial charge in [0.05, 0.1) is 6.54 Å². The van der Waals surface area contributed by atoms with Crippen LogP contribution in [0.25, 0.3) is 0 Å². The fourth-order valence-corrected chi connectivity index (χ4v) is 2.91. The Kier molecular flexibility index (Phi) is 6.99. The third-order valence-corrected chi connectivity index (χ3v) is 4.16. The molecule has 0 radical (unpaired) electrons. The van der Waals surface area contributed by atoms with Gasteiger partial charge in [-0.3, -0.25) is 14.5 Å². The van der Waals surface area contributed by atoms with Crippen LogP contribution in [0.1, 0.15) is 52.9 Å². The highest BCUT2D eigenvalue weighted by Gasteiger charge is 2.33. The van der Waals surface area contributed by atoms with Crippen LogP contribution in [0.2, 0.25) is 0 Å². The first-order valence-electron chi connectivity index (χ1n) is 7.74. The Hall–Kier alpha value is -1.10. The molecule has 0 aromatic carbocycles. The van der Waals surface area contributed by atoms with Crippen molar-refractivity contribution in [3.63, 3.8) is 0 Å².